The highest BCUT2D eigenvalue weighted by molar-refractivity contribution is 9.10. The monoisotopic (exact) mass is 368 g/mol. The molecule has 1 unspecified atom stereocenters. The van der Waals surface area contributed by atoms with Gasteiger partial charge in [-0.05, 0) is 58.2 Å². The Balaban J connectivity index is 2.24. The fourth-order valence-corrected chi connectivity index (χ4v) is 3.12. The van der Waals surface area contributed by atoms with Gasteiger partial charge in [0.05, 0.1) is 16.6 Å². The smallest absolute Gasteiger partial charge is 0.133 e. The topological polar surface area (TPSA) is 34.1 Å². The summed E-state index contributed by atoms with van der Waals surface area (Å²) in [5.74, 6) is 0.834. The second-order valence-corrected chi connectivity index (χ2v) is 5.94. The van der Waals surface area contributed by atoms with Crippen molar-refractivity contribution in [2.75, 3.05) is 13.7 Å². The van der Waals surface area contributed by atoms with Crippen LogP contribution >= 0.6 is 27.5 Å². The van der Waals surface area contributed by atoms with Crippen LogP contribution in [-0.4, -0.2) is 18.6 Å². The molecule has 1 N–H and O–H groups in total. The van der Waals surface area contributed by atoms with Crippen molar-refractivity contribution in [2.24, 2.45) is 0 Å². The summed E-state index contributed by atoms with van der Waals surface area (Å²) in [4.78, 5) is 4.05. The molecule has 0 saturated carbocycles. The number of likely N-dealkylation sites (N-methyl/N-ethyl adjacent to an activating group) is 1. The average molecular weight is 370 g/mol. The van der Waals surface area contributed by atoms with E-state index < -0.39 is 0 Å². The number of rotatable bonds is 6. The Morgan fingerprint density at radius 3 is 2.81 bits per heavy atom. The van der Waals surface area contributed by atoms with Gasteiger partial charge in [0.15, 0.2) is 0 Å². The fraction of sp³-hybridized carbons (Fsp3) is 0.312. The molecule has 112 valence electrons. The molecule has 0 amide bonds. The Labute approximate surface area is 138 Å². The van der Waals surface area contributed by atoms with Crippen molar-refractivity contribution < 1.29 is 4.74 Å². The van der Waals surface area contributed by atoms with Crippen LogP contribution in [-0.2, 0) is 6.42 Å². The van der Waals surface area contributed by atoms with Gasteiger partial charge in [-0.3, -0.25) is 4.98 Å². The number of hydrogen-bond acceptors (Lipinski definition) is 3. The summed E-state index contributed by atoms with van der Waals surface area (Å²) in [7, 11) is 1.66. The minimum absolute atomic E-state index is 0.158. The molecule has 0 aliphatic carbocycles. The third-order valence-corrected chi connectivity index (χ3v) is 4.22. The van der Waals surface area contributed by atoms with E-state index in [2.05, 4.69) is 45.3 Å². The molecule has 0 spiro atoms. The van der Waals surface area contributed by atoms with E-state index in [1.54, 1.807) is 19.5 Å². The standard InChI is InChI=1S/C16H18BrClN2O/c1-3-20-15(12-6-7-19-10-14(12)18)9-11-4-5-16(21-2)13(17)8-11/h4-8,10,15,20H,3,9H2,1-2H3. The minimum atomic E-state index is 0.158. The van der Waals surface area contributed by atoms with E-state index in [0.29, 0.717) is 5.02 Å². The van der Waals surface area contributed by atoms with Gasteiger partial charge in [-0.1, -0.05) is 24.6 Å². The number of hydrogen-bond donors (Lipinski definition) is 1. The molecule has 1 aromatic carbocycles. The maximum absolute atomic E-state index is 6.27. The number of halogens is 2. The third kappa shape index (κ3) is 4.19. The summed E-state index contributed by atoms with van der Waals surface area (Å²) in [6, 6.07) is 8.25. The minimum Gasteiger partial charge on any atom is -0.496 e. The lowest BCUT2D eigenvalue weighted by Crippen LogP contribution is -2.23. The Bertz CT molecular complexity index is 607. The molecule has 0 aliphatic heterocycles. The van der Waals surface area contributed by atoms with E-state index in [1.165, 1.54) is 5.56 Å². The van der Waals surface area contributed by atoms with E-state index in [9.17, 15) is 0 Å². The van der Waals surface area contributed by atoms with Crippen molar-refractivity contribution in [3.8, 4) is 5.75 Å². The fourth-order valence-electron chi connectivity index (χ4n) is 2.28. The number of ether oxygens (including phenoxy) is 1. The molecule has 0 radical (unpaired) electrons. The van der Waals surface area contributed by atoms with Crippen molar-refractivity contribution in [3.05, 3.63) is 57.3 Å². The SMILES string of the molecule is CCNC(Cc1ccc(OC)c(Br)c1)c1ccncc1Cl. The lowest BCUT2D eigenvalue weighted by Gasteiger charge is -2.20. The highest BCUT2D eigenvalue weighted by Crippen LogP contribution is 2.29. The largest absolute Gasteiger partial charge is 0.496 e. The zero-order chi connectivity index (χ0) is 15.2. The van der Waals surface area contributed by atoms with Crippen molar-refractivity contribution >= 4 is 27.5 Å². The molecular weight excluding hydrogens is 352 g/mol. The van der Waals surface area contributed by atoms with Crippen LogP contribution < -0.4 is 10.1 Å². The zero-order valence-corrected chi connectivity index (χ0v) is 14.4. The van der Waals surface area contributed by atoms with Crippen molar-refractivity contribution in [1.29, 1.82) is 0 Å². The first-order valence-corrected chi connectivity index (χ1v) is 7.98. The van der Waals surface area contributed by atoms with Crippen molar-refractivity contribution in [1.82, 2.24) is 10.3 Å². The maximum atomic E-state index is 6.27. The molecule has 0 fully saturated rings. The Kier molecular flexibility index (Phi) is 6.03. The predicted octanol–water partition coefficient (Wildman–Crippen LogP) is 4.40. The Morgan fingerprint density at radius 2 is 2.19 bits per heavy atom. The molecule has 5 heteroatoms. The summed E-state index contributed by atoms with van der Waals surface area (Å²) in [5.41, 5.74) is 2.28. The van der Waals surface area contributed by atoms with Crippen LogP contribution in [0.5, 0.6) is 5.75 Å². The highest BCUT2D eigenvalue weighted by atomic mass is 79.9. The molecule has 1 atom stereocenters. The zero-order valence-electron chi connectivity index (χ0n) is 12.1. The van der Waals surface area contributed by atoms with Gasteiger partial charge >= 0.3 is 0 Å². The Morgan fingerprint density at radius 1 is 1.38 bits per heavy atom. The van der Waals surface area contributed by atoms with Crippen molar-refractivity contribution in [2.45, 2.75) is 19.4 Å². The predicted molar refractivity (Wildman–Crippen MR) is 90.1 cm³/mol. The van der Waals surface area contributed by atoms with E-state index in [-0.39, 0.29) is 6.04 Å². The molecule has 21 heavy (non-hydrogen) atoms. The maximum Gasteiger partial charge on any atom is 0.133 e. The van der Waals surface area contributed by atoms with Crippen LogP contribution in [0.1, 0.15) is 24.1 Å². The number of methoxy groups -OCH3 is 1. The summed E-state index contributed by atoms with van der Waals surface area (Å²) < 4.78 is 6.22. The average Bonchev–Trinajstić information content (AvgIpc) is 2.47. The Hall–Kier alpha value is -1.10. The number of nitrogens with zero attached hydrogens (tertiary/aromatic N) is 1. The van der Waals surface area contributed by atoms with Gasteiger partial charge in [0.1, 0.15) is 5.75 Å². The summed E-state index contributed by atoms with van der Waals surface area (Å²) in [6.45, 7) is 2.96. The van der Waals surface area contributed by atoms with Crippen LogP contribution in [0.4, 0.5) is 0 Å². The quantitative estimate of drug-likeness (QED) is 0.819. The van der Waals surface area contributed by atoms with Crippen LogP contribution in [0.2, 0.25) is 5.02 Å². The van der Waals surface area contributed by atoms with Gasteiger partial charge in [-0.25, -0.2) is 0 Å². The van der Waals surface area contributed by atoms with Crippen LogP contribution in [0, 0.1) is 0 Å². The van der Waals surface area contributed by atoms with Gasteiger partial charge in [-0.2, -0.15) is 0 Å². The van der Waals surface area contributed by atoms with Crippen LogP contribution in [0.25, 0.3) is 0 Å². The molecule has 0 aliphatic rings. The van der Waals surface area contributed by atoms with Gasteiger partial charge in [0.2, 0.25) is 0 Å². The second-order valence-electron chi connectivity index (χ2n) is 4.68. The number of benzene rings is 1. The molecule has 3 nitrogen and oxygen atoms in total. The number of pyridine rings is 1. The lowest BCUT2D eigenvalue weighted by molar-refractivity contribution is 0.412. The summed E-state index contributed by atoms with van der Waals surface area (Å²) in [5, 5.41) is 4.17. The van der Waals surface area contributed by atoms with E-state index in [1.807, 2.05) is 12.1 Å². The third-order valence-electron chi connectivity index (χ3n) is 3.29. The van der Waals surface area contributed by atoms with Gasteiger partial charge < -0.3 is 10.1 Å². The molecule has 0 saturated heterocycles. The first-order valence-electron chi connectivity index (χ1n) is 6.81. The summed E-state index contributed by atoms with van der Waals surface area (Å²) in [6.07, 6.45) is 4.31. The second kappa shape index (κ2) is 7.78. The molecular formula is C16H18BrClN2O. The molecule has 2 aromatic rings. The lowest BCUT2D eigenvalue weighted by atomic mass is 9.99. The van der Waals surface area contributed by atoms with Crippen molar-refractivity contribution in [3.63, 3.8) is 0 Å². The molecule has 1 aromatic heterocycles. The normalized spacial score (nSPS) is 12.2. The number of nitrogens with one attached hydrogen (secondary N) is 1. The van der Waals surface area contributed by atoms with Crippen LogP contribution in [0.15, 0.2) is 41.1 Å². The van der Waals surface area contributed by atoms with E-state index >= 15 is 0 Å². The van der Waals surface area contributed by atoms with Crippen LogP contribution in [0.3, 0.4) is 0 Å². The number of aromatic nitrogens is 1. The summed E-state index contributed by atoms with van der Waals surface area (Å²) >= 11 is 9.79. The first-order chi connectivity index (χ1) is 10.2. The van der Waals surface area contributed by atoms with E-state index in [4.69, 9.17) is 16.3 Å². The highest BCUT2D eigenvalue weighted by Gasteiger charge is 2.15. The molecule has 1 heterocycles. The van der Waals surface area contributed by atoms with Gasteiger partial charge in [-0.15, -0.1) is 0 Å². The van der Waals surface area contributed by atoms with Gasteiger partial charge in [0, 0.05) is 18.4 Å². The van der Waals surface area contributed by atoms with E-state index in [0.717, 1.165) is 28.8 Å². The molecule has 2 rings (SSSR count). The molecule has 0 bridgehead atoms. The van der Waals surface area contributed by atoms with Gasteiger partial charge in [0.25, 0.3) is 0 Å². The first kappa shape index (κ1) is 16.3.